The average molecular weight is 267 g/mol. The monoisotopic (exact) mass is 267 g/mol. The van der Waals surface area contributed by atoms with E-state index in [4.69, 9.17) is 0 Å². The van der Waals surface area contributed by atoms with Crippen molar-refractivity contribution < 1.29 is 9.90 Å². The van der Waals surface area contributed by atoms with Gasteiger partial charge >= 0.3 is 5.97 Å². The number of aromatic nitrogens is 3. The zero-order chi connectivity index (χ0) is 14.3. The molecule has 0 atom stereocenters. The van der Waals surface area contributed by atoms with Crippen LogP contribution in [0.15, 0.2) is 36.5 Å². The Morgan fingerprint density at radius 1 is 1.20 bits per heavy atom. The quantitative estimate of drug-likeness (QED) is 0.775. The molecule has 5 heteroatoms. The molecule has 5 nitrogen and oxygen atoms in total. The first-order valence-electron chi connectivity index (χ1n) is 6.22. The van der Waals surface area contributed by atoms with Crippen molar-refractivity contribution in [2.24, 2.45) is 0 Å². The minimum absolute atomic E-state index is 0.0221. The molecule has 0 aliphatic carbocycles. The molecule has 0 aliphatic rings. The van der Waals surface area contributed by atoms with Crippen molar-refractivity contribution in [3.05, 3.63) is 53.3 Å². The molecule has 3 rings (SSSR count). The van der Waals surface area contributed by atoms with Crippen LogP contribution in [0, 0.1) is 13.8 Å². The Kier molecular flexibility index (Phi) is 2.75. The fraction of sp³-hybridized carbons (Fsp3) is 0.133. The van der Waals surface area contributed by atoms with E-state index in [1.807, 2.05) is 32.0 Å². The number of carboxylic acids is 1. The Balaban J connectivity index is 2.36. The van der Waals surface area contributed by atoms with Crippen LogP contribution in [0.3, 0.4) is 0 Å². The Morgan fingerprint density at radius 3 is 2.75 bits per heavy atom. The maximum atomic E-state index is 11.2. The van der Waals surface area contributed by atoms with Crippen molar-refractivity contribution in [1.82, 2.24) is 14.6 Å². The lowest BCUT2D eigenvalue weighted by Crippen LogP contribution is -2.06. The van der Waals surface area contributed by atoms with Crippen LogP contribution in [0.5, 0.6) is 0 Å². The SMILES string of the molecule is Cc1ccc(C)c(-c2cc(C(=O)O)nc3ccnn23)c1. The predicted octanol–water partition coefficient (Wildman–Crippen LogP) is 2.71. The van der Waals surface area contributed by atoms with Crippen LogP contribution in [0.25, 0.3) is 16.9 Å². The van der Waals surface area contributed by atoms with Crippen LogP contribution < -0.4 is 0 Å². The number of carbonyl (C=O) groups is 1. The maximum absolute atomic E-state index is 11.2. The molecular weight excluding hydrogens is 254 g/mol. The molecule has 0 saturated carbocycles. The van der Waals surface area contributed by atoms with Crippen LogP contribution in [0.4, 0.5) is 0 Å². The van der Waals surface area contributed by atoms with Crippen LogP contribution in [0.1, 0.15) is 21.6 Å². The molecule has 20 heavy (non-hydrogen) atoms. The van der Waals surface area contributed by atoms with Crippen LogP contribution in [-0.4, -0.2) is 25.7 Å². The molecule has 0 aliphatic heterocycles. The van der Waals surface area contributed by atoms with Gasteiger partial charge in [-0.2, -0.15) is 5.10 Å². The highest BCUT2D eigenvalue weighted by Crippen LogP contribution is 2.25. The second-order valence-electron chi connectivity index (χ2n) is 4.75. The van der Waals surface area contributed by atoms with Gasteiger partial charge in [0.05, 0.1) is 11.9 Å². The van der Waals surface area contributed by atoms with Crippen molar-refractivity contribution in [2.75, 3.05) is 0 Å². The largest absolute Gasteiger partial charge is 0.477 e. The number of aromatic carboxylic acids is 1. The molecule has 2 heterocycles. The van der Waals surface area contributed by atoms with E-state index in [1.54, 1.807) is 22.8 Å². The molecule has 0 fully saturated rings. The Morgan fingerprint density at radius 2 is 2.00 bits per heavy atom. The van der Waals surface area contributed by atoms with Crippen molar-refractivity contribution in [3.8, 4) is 11.3 Å². The molecule has 0 radical (unpaired) electrons. The van der Waals surface area contributed by atoms with E-state index in [9.17, 15) is 9.90 Å². The summed E-state index contributed by atoms with van der Waals surface area (Å²) in [5.41, 5.74) is 4.42. The van der Waals surface area contributed by atoms with E-state index in [1.165, 1.54) is 0 Å². The Hall–Kier alpha value is -2.69. The minimum atomic E-state index is -1.04. The van der Waals surface area contributed by atoms with Gasteiger partial charge in [0.15, 0.2) is 11.3 Å². The molecular formula is C15H13N3O2. The van der Waals surface area contributed by atoms with Gasteiger partial charge in [-0.05, 0) is 31.5 Å². The lowest BCUT2D eigenvalue weighted by Gasteiger charge is -2.10. The molecule has 2 aromatic heterocycles. The second-order valence-corrected chi connectivity index (χ2v) is 4.75. The lowest BCUT2D eigenvalue weighted by molar-refractivity contribution is 0.0690. The van der Waals surface area contributed by atoms with E-state index in [-0.39, 0.29) is 5.69 Å². The number of nitrogens with zero attached hydrogens (tertiary/aromatic N) is 3. The molecule has 100 valence electrons. The number of aryl methyl sites for hydroxylation is 2. The zero-order valence-corrected chi connectivity index (χ0v) is 11.2. The number of rotatable bonds is 2. The molecule has 0 amide bonds. The molecule has 0 unspecified atom stereocenters. The van der Waals surface area contributed by atoms with E-state index < -0.39 is 5.97 Å². The topological polar surface area (TPSA) is 67.5 Å². The second kappa shape index (κ2) is 4.45. The van der Waals surface area contributed by atoms with Gasteiger partial charge in [-0.15, -0.1) is 0 Å². The number of hydrogen-bond acceptors (Lipinski definition) is 3. The van der Waals surface area contributed by atoms with Gasteiger partial charge < -0.3 is 5.11 Å². The maximum Gasteiger partial charge on any atom is 0.354 e. The smallest absolute Gasteiger partial charge is 0.354 e. The summed E-state index contributed by atoms with van der Waals surface area (Å²) in [6, 6.07) is 9.32. The number of benzene rings is 1. The molecule has 1 aromatic carbocycles. The van der Waals surface area contributed by atoms with E-state index in [2.05, 4.69) is 10.1 Å². The summed E-state index contributed by atoms with van der Waals surface area (Å²) in [4.78, 5) is 15.3. The first-order chi connectivity index (χ1) is 9.56. The lowest BCUT2D eigenvalue weighted by atomic mass is 10.0. The van der Waals surface area contributed by atoms with Crippen LogP contribution in [0.2, 0.25) is 0 Å². The average Bonchev–Trinajstić information content (AvgIpc) is 2.88. The molecule has 0 spiro atoms. The summed E-state index contributed by atoms with van der Waals surface area (Å²) in [5.74, 6) is -1.04. The zero-order valence-electron chi connectivity index (χ0n) is 11.2. The van der Waals surface area contributed by atoms with Gasteiger partial charge in [-0.25, -0.2) is 14.3 Å². The normalized spacial score (nSPS) is 10.9. The number of hydrogen-bond donors (Lipinski definition) is 1. The van der Waals surface area contributed by atoms with Gasteiger partial charge in [-0.1, -0.05) is 17.7 Å². The highest BCUT2D eigenvalue weighted by molar-refractivity contribution is 5.88. The highest BCUT2D eigenvalue weighted by Gasteiger charge is 2.14. The van der Waals surface area contributed by atoms with Gasteiger partial charge in [0.25, 0.3) is 0 Å². The Labute approximate surface area is 115 Å². The minimum Gasteiger partial charge on any atom is -0.477 e. The van der Waals surface area contributed by atoms with Gasteiger partial charge in [0, 0.05) is 11.6 Å². The van der Waals surface area contributed by atoms with Crippen LogP contribution >= 0.6 is 0 Å². The fourth-order valence-electron chi connectivity index (χ4n) is 2.23. The van der Waals surface area contributed by atoms with E-state index >= 15 is 0 Å². The van der Waals surface area contributed by atoms with Crippen LogP contribution in [-0.2, 0) is 0 Å². The molecule has 3 aromatic rings. The summed E-state index contributed by atoms with van der Waals surface area (Å²) in [6.45, 7) is 3.99. The van der Waals surface area contributed by atoms with Crippen molar-refractivity contribution in [1.29, 1.82) is 0 Å². The summed E-state index contributed by atoms with van der Waals surface area (Å²) >= 11 is 0. The third-order valence-corrected chi connectivity index (χ3v) is 3.25. The number of fused-ring (bicyclic) bond motifs is 1. The Bertz CT molecular complexity index is 821. The fourth-order valence-corrected chi connectivity index (χ4v) is 2.23. The summed E-state index contributed by atoms with van der Waals surface area (Å²) in [7, 11) is 0. The first kappa shape index (κ1) is 12.3. The van der Waals surface area contributed by atoms with Crippen molar-refractivity contribution in [3.63, 3.8) is 0 Å². The molecule has 0 bridgehead atoms. The highest BCUT2D eigenvalue weighted by atomic mass is 16.4. The summed E-state index contributed by atoms with van der Waals surface area (Å²) in [5, 5.41) is 13.4. The van der Waals surface area contributed by atoms with Gasteiger partial charge in [-0.3, -0.25) is 0 Å². The molecule has 1 N–H and O–H groups in total. The van der Waals surface area contributed by atoms with Gasteiger partial charge in [0.1, 0.15) is 0 Å². The third kappa shape index (κ3) is 1.93. The predicted molar refractivity (Wildman–Crippen MR) is 74.9 cm³/mol. The summed E-state index contributed by atoms with van der Waals surface area (Å²) in [6.07, 6.45) is 1.61. The van der Waals surface area contributed by atoms with Crippen molar-refractivity contribution >= 4 is 11.6 Å². The first-order valence-corrected chi connectivity index (χ1v) is 6.22. The van der Waals surface area contributed by atoms with E-state index in [0.29, 0.717) is 5.65 Å². The van der Waals surface area contributed by atoms with Crippen molar-refractivity contribution in [2.45, 2.75) is 13.8 Å². The molecule has 0 saturated heterocycles. The van der Waals surface area contributed by atoms with Gasteiger partial charge in [0.2, 0.25) is 0 Å². The van der Waals surface area contributed by atoms with E-state index in [0.717, 1.165) is 22.4 Å². The third-order valence-electron chi connectivity index (χ3n) is 3.25. The number of carboxylic acid groups (broad SMARTS) is 1. The standard InChI is InChI=1S/C15H13N3O2/c1-9-3-4-10(2)11(7-9)13-8-12(15(19)20)17-14-5-6-16-18(13)14/h3-8H,1-2H3,(H,19,20). The summed E-state index contributed by atoms with van der Waals surface area (Å²) < 4.78 is 1.66.